The summed E-state index contributed by atoms with van der Waals surface area (Å²) in [6, 6.07) is 5.40. The molecule has 3 atom stereocenters. The largest absolute Gasteiger partial charge is 0.468 e. The first-order valence-corrected chi connectivity index (χ1v) is 10.3. The highest BCUT2D eigenvalue weighted by Crippen LogP contribution is 2.18. The van der Waals surface area contributed by atoms with Gasteiger partial charge in [-0.15, -0.1) is 0 Å². The van der Waals surface area contributed by atoms with E-state index in [4.69, 9.17) is 18.0 Å². The maximum absolute atomic E-state index is 13.4. The Hall–Kier alpha value is -2.65. The first kappa shape index (κ1) is 26.4. The van der Waals surface area contributed by atoms with E-state index in [1.165, 1.54) is 6.92 Å². The Balaban J connectivity index is 3.19. The lowest BCUT2D eigenvalue weighted by Crippen LogP contribution is -2.64. The minimum Gasteiger partial charge on any atom is -0.468 e. The van der Waals surface area contributed by atoms with Gasteiger partial charge in [-0.3, -0.25) is 19.2 Å². The van der Waals surface area contributed by atoms with Gasteiger partial charge < -0.3 is 21.1 Å². The van der Waals surface area contributed by atoms with Gasteiger partial charge in [0.2, 0.25) is 0 Å². The second kappa shape index (κ2) is 11.1. The Morgan fingerprint density at radius 2 is 1.65 bits per heavy atom. The number of ether oxygens (including phenoxy) is 1. The molecule has 4 N–H and O–H groups in total. The summed E-state index contributed by atoms with van der Waals surface area (Å²) < 4.78 is 4.67. The summed E-state index contributed by atoms with van der Waals surface area (Å²) in [4.78, 5) is 50.3. The van der Waals surface area contributed by atoms with Crippen molar-refractivity contribution in [2.24, 2.45) is 17.6 Å². The van der Waals surface area contributed by atoms with Crippen LogP contribution < -0.4 is 16.4 Å². The summed E-state index contributed by atoms with van der Waals surface area (Å²) in [5.74, 6) is -2.78. The van der Waals surface area contributed by atoms with Crippen LogP contribution in [0.1, 0.15) is 45.0 Å². The Labute approximate surface area is 188 Å². The summed E-state index contributed by atoms with van der Waals surface area (Å²) in [5.41, 5.74) is 4.93. The fourth-order valence-corrected chi connectivity index (χ4v) is 3.89. The molecular formula is C22H31N3O5S. The molecule has 8 nitrogen and oxygen atoms in total. The number of Topliss-reactive ketones (excluding diaryl/α,β-unsaturated/α-hetero) is 2. The Morgan fingerprint density at radius 3 is 2.10 bits per heavy atom. The SMILES string of the molecule is COC(=O)C(N)C(NC(=O)c1ccccc1)C(=O)C(C)(C)NC(=S)[C@H](C(C)=O)C(C)C. The van der Waals surface area contributed by atoms with Gasteiger partial charge in [0.25, 0.3) is 5.91 Å². The molecule has 2 unspecified atom stereocenters. The van der Waals surface area contributed by atoms with Crippen molar-refractivity contribution in [3.63, 3.8) is 0 Å². The first-order valence-electron chi connectivity index (χ1n) is 9.89. The summed E-state index contributed by atoms with van der Waals surface area (Å²) >= 11 is 5.39. The van der Waals surface area contributed by atoms with Crippen molar-refractivity contribution in [1.82, 2.24) is 10.6 Å². The molecule has 0 aliphatic carbocycles. The van der Waals surface area contributed by atoms with Gasteiger partial charge >= 0.3 is 5.97 Å². The van der Waals surface area contributed by atoms with E-state index < -0.39 is 41.2 Å². The number of nitrogens with two attached hydrogens (primary N) is 1. The molecule has 1 amide bonds. The van der Waals surface area contributed by atoms with Crippen molar-refractivity contribution in [1.29, 1.82) is 0 Å². The zero-order valence-electron chi connectivity index (χ0n) is 18.7. The van der Waals surface area contributed by atoms with Crippen molar-refractivity contribution < 1.29 is 23.9 Å². The standard InChI is InChI=1S/C22H31N3O5S/c1-12(2)15(13(3)26)20(31)25-22(4,5)18(27)17(16(23)21(29)30-6)24-19(28)14-10-8-7-9-11-14/h7-12,15-17H,23H2,1-6H3,(H,24,28)(H,25,31)/t15-,16?,17?/m0/s1. The van der Waals surface area contributed by atoms with Crippen molar-refractivity contribution >= 4 is 40.6 Å². The van der Waals surface area contributed by atoms with Gasteiger partial charge in [-0.2, -0.15) is 0 Å². The number of benzene rings is 1. The van der Waals surface area contributed by atoms with E-state index >= 15 is 0 Å². The lowest BCUT2D eigenvalue weighted by Gasteiger charge is -2.34. The summed E-state index contributed by atoms with van der Waals surface area (Å²) in [5, 5.41) is 5.46. The monoisotopic (exact) mass is 449 g/mol. The Kier molecular flexibility index (Phi) is 9.45. The molecule has 0 fully saturated rings. The molecule has 1 aromatic rings. The summed E-state index contributed by atoms with van der Waals surface area (Å²) in [6.45, 7) is 8.23. The molecule has 31 heavy (non-hydrogen) atoms. The van der Waals surface area contributed by atoms with Crippen molar-refractivity contribution in [2.75, 3.05) is 7.11 Å². The number of ketones is 2. The van der Waals surface area contributed by atoms with E-state index in [9.17, 15) is 19.2 Å². The zero-order valence-corrected chi connectivity index (χ0v) is 19.5. The van der Waals surface area contributed by atoms with Gasteiger partial charge in [-0.1, -0.05) is 44.3 Å². The third-order valence-electron chi connectivity index (χ3n) is 4.88. The predicted molar refractivity (Wildman–Crippen MR) is 122 cm³/mol. The number of rotatable bonds is 10. The second-order valence-electron chi connectivity index (χ2n) is 8.18. The van der Waals surface area contributed by atoms with E-state index in [-0.39, 0.29) is 16.7 Å². The lowest BCUT2D eigenvalue weighted by atomic mass is 9.86. The molecule has 0 bridgehead atoms. The normalized spacial score (nSPS) is 14.2. The summed E-state index contributed by atoms with van der Waals surface area (Å²) in [6.07, 6.45) is 0. The predicted octanol–water partition coefficient (Wildman–Crippen LogP) is 1.41. The van der Waals surface area contributed by atoms with Crippen molar-refractivity contribution in [2.45, 2.75) is 52.2 Å². The number of hydrogen-bond donors (Lipinski definition) is 3. The van der Waals surface area contributed by atoms with Crippen LogP contribution in [0.2, 0.25) is 0 Å². The maximum atomic E-state index is 13.4. The second-order valence-corrected chi connectivity index (χ2v) is 8.62. The van der Waals surface area contributed by atoms with Crippen LogP contribution in [-0.4, -0.2) is 53.2 Å². The Bertz CT molecular complexity index is 839. The first-order chi connectivity index (χ1) is 14.3. The van der Waals surface area contributed by atoms with Crippen LogP contribution >= 0.6 is 12.2 Å². The van der Waals surface area contributed by atoms with Crippen LogP contribution in [0.25, 0.3) is 0 Å². The average Bonchev–Trinajstić information content (AvgIpc) is 2.69. The van der Waals surface area contributed by atoms with E-state index in [0.29, 0.717) is 5.56 Å². The van der Waals surface area contributed by atoms with Gasteiger partial charge in [0.15, 0.2) is 5.78 Å². The number of carbonyl (C=O) groups is 4. The number of nitrogens with one attached hydrogen (secondary N) is 2. The Morgan fingerprint density at radius 1 is 1.10 bits per heavy atom. The molecule has 0 spiro atoms. The van der Waals surface area contributed by atoms with Crippen molar-refractivity contribution in [3.8, 4) is 0 Å². The molecule has 0 aliphatic heterocycles. The number of methoxy groups -OCH3 is 1. The highest BCUT2D eigenvalue weighted by molar-refractivity contribution is 7.80. The van der Waals surface area contributed by atoms with Crippen molar-refractivity contribution in [3.05, 3.63) is 35.9 Å². The molecule has 0 aliphatic rings. The number of hydrogen-bond acceptors (Lipinski definition) is 7. The highest BCUT2D eigenvalue weighted by Gasteiger charge is 2.42. The van der Waals surface area contributed by atoms with Gasteiger partial charge in [0.05, 0.1) is 23.6 Å². The van der Waals surface area contributed by atoms with E-state index in [1.54, 1.807) is 44.2 Å². The number of esters is 1. The smallest absolute Gasteiger partial charge is 0.325 e. The molecular weight excluding hydrogens is 418 g/mol. The topological polar surface area (TPSA) is 128 Å². The van der Waals surface area contributed by atoms with Crippen LogP contribution in [0.3, 0.4) is 0 Å². The summed E-state index contributed by atoms with van der Waals surface area (Å²) in [7, 11) is 1.14. The molecule has 0 aromatic heterocycles. The van der Waals surface area contributed by atoms with Gasteiger partial charge in [-0.05, 0) is 38.8 Å². The number of amides is 1. The van der Waals surface area contributed by atoms with Crippen LogP contribution in [-0.2, 0) is 19.1 Å². The molecule has 0 saturated heterocycles. The fraction of sp³-hybridized carbons (Fsp3) is 0.500. The lowest BCUT2D eigenvalue weighted by molar-refractivity contribution is -0.145. The van der Waals surface area contributed by atoms with Gasteiger partial charge in [0, 0.05) is 5.56 Å². The van der Waals surface area contributed by atoms with Crippen LogP contribution in [0.15, 0.2) is 30.3 Å². The third kappa shape index (κ3) is 6.93. The van der Waals surface area contributed by atoms with Gasteiger partial charge in [0.1, 0.15) is 17.9 Å². The van der Waals surface area contributed by atoms with E-state index in [0.717, 1.165) is 7.11 Å². The van der Waals surface area contributed by atoms with E-state index in [1.807, 2.05) is 13.8 Å². The fourth-order valence-electron chi connectivity index (χ4n) is 3.20. The number of carbonyl (C=O) groups excluding carboxylic acids is 4. The molecule has 1 aromatic carbocycles. The minimum absolute atomic E-state index is 0.0747. The van der Waals surface area contributed by atoms with Gasteiger partial charge in [-0.25, -0.2) is 0 Å². The average molecular weight is 450 g/mol. The number of thiocarbonyl (C=S) groups is 1. The highest BCUT2D eigenvalue weighted by atomic mass is 32.1. The molecule has 0 heterocycles. The zero-order chi connectivity index (χ0) is 23.9. The van der Waals surface area contributed by atoms with Crippen LogP contribution in [0.4, 0.5) is 0 Å². The molecule has 0 radical (unpaired) electrons. The molecule has 0 saturated carbocycles. The van der Waals surface area contributed by atoms with Crippen LogP contribution in [0, 0.1) is 11.8 Å². The maximum Gasteiger partial charge on any atom is 0.325 e. The minimum atomic E-state index is -1.44. The molecule has 170 valence electrons. The van der Waals surface area contributed by atoms with E-state index in [2.05, 4.69) is 15.4 Å². The molecule has 9 heteroatoms. The van der Waals surface area contributed by atoms with Crippen LogP contribution in [0.5, 0.6) is 0 Å². The quantitative estimate of drug-likeness (QED) is 0.361. The third-order valence-corrected chi connectivity index (χ3v) is 5.23. The molecule has 1 rings (SSSR count).